The lowest BCUT2D eigenvalue weighted by molar-refractivity contribution is -0.254. The third kappa shape index (κ3) is 5.97. The average molecular weight is 897 g/mol. The van der Waals surface area contributed by atoms with Crippen LogP contribution in [0.1, 0.15) is 205 Å². The molecule has 21 atom stereocenters. The van der Waals surface area contributed by atoms with Crippen LogP contribution in [-0.4, -0.2) is 48.2 Å². The summed E-state index contributed by atoms with van der Waals surface area (Å²) in [5.74, 6) is 5.28. The van der Waals surface area contributed by atoms with Crippen LogP contribution in [-0.2, 0) is 14.3 Å². The lowest BCUT2D eigenvalue weighted by atomic mass is 9.32. The first-order valence-corrected chi connectivity index (χ1v) is 27.9. The zero-order valence-corrected chi connectivity index (χ0v) is 43.5. The number of aldehydes is 2. The van der Waals surface area contributed by atoms with Crippen LogP contribution >= 0.6 is 0 Å². The van der Waals surface area contributed by atoms with Gasteiger partial charge in [0.15, 0.2) is 0 Å². The van der Waals surface area contributed by atoms with Gasteiger partial charge in [-0.2, -0.15) is 0 Å². The molecule has 5 nitrogen and oxygen atoms in total. The number of aliphatic hydroxyl groups is 2. The van der Waals surface area contributed by atoms with Crippen molar-refractivity contribution in [1.82, 2.24) is 0 Å². The minimum absolute atomic E-state index is 0.00952. The van der Waals surface area contributed by atoms with Gasteiger partial charge in [0.2, 0.25) is 0 Å². The Kier molecular flexibility index (Phi) is 11.2. The van der Waals surface area contributed by atoms with Crippen LogP contribution in [0.5, 0.6) is 0 Å². The van der Waals surface area contributed by atoms with E-state index in [1.54, 1.807) is 0 Å². The summed E-state index contributed by atoms with van der Waals surface area (Å²) in [4.78, 5) is 25.8. The van der Waals surface area contributed by atoms with E-state index in [0.717, 1.165) is 57.8 Å². The molecule has 21 unspecified atom stereocenters. The third-order valence-electron chi connectivity index (χ3n) is 27.5. The number of hydrogen-bond acceptors (Lipinski definition) is 5. The molecule has 10 fully saturated rings. The number of ether oxygens (including phenoxy) is 1. The second-order valence-electron chi connectivity index (χ2n) is 29.3. The molecule has 10 rings (SSSR count). The Morgan fingerprint density at radius 1 is 0.600 bits per heavy atom. The molecule has 65 heavy (non-hydrogen) atoms. The summed E-state index contributed by atoms with van der Waals surface area (Å²) >= 11 is 0. The van der Waals surface area contributed by atoms with Crippen LogP contribution in [0.3, 0.4) is 0 Å². The summed E-state index contributed by atoms with van der Waals surface area (Å²) < 4.78 is 7.30. The van der Waals surface area contributed by atoms with Gasteiger partial charge in [-0.3, -0.25) is 0 Å². The van der Waals surface area contributed by atoms with Crippen molar-refractivity contribution in [3.05, 3.63) is 12.2 Å². The van der Waals surface area contributed by atoms with Gasteiger partial charge in [-0.25, -0.2) is 0 Å². The SMILES string of the molecule is C=C(COC1CCC2(C)C(CCC3(C)C2CCC2C4C(C(C)C=O)CCC4(CO)CCC23C)C1(C)C)C1CCC2(C=O)CCC3(C)C(CCC4C5(C)CCC(O)C(C)(C)C5CCC43C)C12. The van der Waals surface area contributed by atoms with Crippen molar-refractivity contribution >= 4 is 12.6 Å². The molecular formula is C60H96O5. The van der Waals surface area contributed by atoms with Crippen molar-refractivity contribution in [2.45, 2.75) is 217 Å². The van der Waals surface area contributed by atoms with E-state index < -0.39 is 0 Å². The van der Waals surface area contributed by atoms with Gasteiger partial charge in [-0.15, -0.1) is 0 Å². The quantitative estimate of drug-likeness (QED) is 0.187. The first kappa shape index (κ1) is 47.6. The average Bonchev–Trinajstić information content (AvgIpc) is 3.85. The van der Waals surface area contributed by atoms with Crippen molar-refractivity contribution in [3.8, 4) is 0 Å². The van der Waals surface area contributed by atoms with Crippen molar-refractivity contribution < 1.29 is 24.5 Å². The van der Waals surface area contributed by atoms with E-state index in [1.807, 2.05) is 0 Å². The van der Waals surface area contributed by atoms with Crippen molar-refractivity contribution in [3.63, 3.8) is 0 Å². The Morgan fingerprint density at radius 2 is 1.17 bits per heavy atom. The van der Waals surface area contributed by atoms with E-state index in [-0.39, 0.29) is 72.3 Å². The smallest absolute Gasteiger partial charge is 0.126 e. The molecule has 10 saturated carbocycles. The predicted octanol–water partition coefficient (Wildman–Crippen LogP) is 13.5. The molecule has 0 radical (unpaired) electrons. The molecule has 0 saturated heterocycles. The standard InChI is InChI=1S/C60H96O5/c1-37(33-61)39-17-27-59(35-62)31-29-55(9)41(49(39)59)13-16-46-54(8)24-22-48(52(5,6)44(54)20-26-58(46,55)12)65-34-38(2)40-18-28-60(36-63)32-30-56(10)42(50(40)60)14-15-45-53(7)23-21-47(64)51(3,4)43(53)19-25-57(45,56)11/h33,36-37,39-50,62,64H,2,13-32,34-35H2,1,3-12H3. The van der Waals surface area contributed by atoms with Crippen molar-refractivity contribution in [2.24, 2.45) is 119 Å². The van der Waals surface area contributed by atoms with Gasteiger partial charge >= 0.3 is 0 Å². The Hall–Kier alpha value is -1.04. The Morgan fingerprint density at radius 3 is 1.75 bits per heavy atom. The van der Waals surface area contributed by atoms with Gasteiger partial charge in [0, 0.05) is 17.9 Å². The number of hydrogen-bond donors (Lipinski definition) is 2. The maximum absolute atomic E-state index is 13.5. The highest BCUT2D eigenvalue weighted by molar-refractivity contribution is 5.62. The van der Waals surface area contributed by atoms with Crippen LogP contribution < -0.4 is 0 Å². The summed E-state index contributed by atoms with van der Waals surface area (Å²) in [6.07, 6.45) is 25.9. The Bertz CT molecular complexity index is 1900. The van der Waals surface area contributed by atoms with Crippen molar-refractivity contribution in [2.75, 3.05) is 13.2 Å². The second-order valence-corrected chi connectivity index (χ2v) is 29.3. The molecule has 0 aliphatic heterocycles. The normalized spacial score (nSPS) is 56.5. The van der Waals surface area contributed by atoms with Gasteiger partial charge in [-0.1, -0.05) is 82.7 Å². The van der Waals surface area contributed by atoms with Crippen molar-refractivity contribution in [1.29, 1.82) is 0 Å². The molecule has 0 aromatic carbocycles. The molecular weight excluding hydrogens is 801 g/mol. The lowest BCUT2D eigenvalue weighted by Gasteiger charge is -2.73. The van der Waals surface area contributed by atoms with Gasteiger partial charge < -0.3 is 24.5 Å². The minimum Gasteiger partial charge on any atom is -0.396 e. The van der Waals surface area contributed by atoms with Gasteiger partial charge in [0.05, 0.1) is 18.8 Å². The number of carbonyl (C=O) groups excluding carboxylic acids is 2. The second kappa shape index (κ2) is 15.2. The van der Waals surface area contributed by atoms with Crippen LogP contribution in [0.2, 0.25) is 0 Å². The molecule has 0 heterocycles. The van der Waals surface area contributed by atoms with Gasteiger partial charge in [-0.05, 0) is 242 Å². The Balaban J connectivity index is 0.853. The highest BCUT2D eigenvalue weighted by Gasteiger charge is 2.73. The van der Waals surface area contributed by atoms with E-state index in [0.29, 0.717) is 72.4 Å². The fourth-order valence-corrected chi connectivity index (χ4v) is 23.6. The number of rotatable bonds is 8. The highest BCUT2D eigenvalue weighted by atomic mass is 16.5. The lowest BCUT2D eigenvalue weighted by Crippen LogP contribution is -2.67. The van der Waals surface area contributed by atoms with Crippen LogP contribution in [0.25, 0.3) is 0 Å². The zero-order valence-electron chi connectivity index (χ0n) is 43.5. The third-order valence-corrected chi connectivity index (χ3v) is 27.5. The monoisotopic (exact) mass is 897 g/mol. The summed E-state index contributed by atoms with van der Waals surface area (Å²) in [5.41, 5.74) is 2.50. The molecule has 10 aliphatic carbocycles. The van der Waals surface area contributed by atoms with E-state index in [4.69, 9.17) is 11.3 Å². The van der Waals surface area contributed by atoms with Crippen LogP contribution in [0.4, 0.5) is 0 Å². The number of aliphatic hydroxyl groups excluding tert-OH is 2. The molecule has 0 aromatic heterocycles. The Labute approximate surface area is 397 Å². The van der Waals surface area contributed by atoms with Gasteiger partial charge in [0.1, 0.15) is 12.6 Å². The summed E-state index contributed by atoms with van der Waals surface area (Å²) in [6.45, 7) is 33.9. The van der Waals surface area contributed by atoms with E-state index in [9.17, 15) is 19.8 Å². The van der Waals surface area contributed by atoms with E-state index in [2.05, 4.69) is 76.2 Å². The molecule has 366 valence electrons. The fraction of sp³-hybridized carbons (Fsp3) is 0.933. The fourth-order valence-electron chi connectivity index (χ4n) is 23.6. The minimum atomic E-state index is -0.224. The molecule has 0 bridgehead atoms. The first-order chi connectivity index (χ1) is 30.4. The first-order valence-electron chi connectivity index (χ1n) is 27.9. The largest absolute Gasteiger partial charge is 0.396 e. The number of carbonyl (C=O) groups is 2. The molecule has 0 amide bonds. The maximum Gasteiger partial charge on any atom is 0.126 e. The van der Waals surface area contributed by atoms with Gasteiger partial charge in [0.25, 0.3) is 0 Å². The molecule has 10 aliphatic rings. The molecule has 2 N–H and O–H groups in total. The maximum atomic E-state index is 13.5. The van der Waals surface area contributed by atoms with Crippen LogP contribution in [0, 0.1) is 119 Å². The summed E-state index contributed by atoms with van der Waals surface area (Å²) in [5, 5.41) is 22.3. The molecule has 5 heteroatoms. The number of fused-ring (bicyclic) bond motifs is 14. The topological polar surface area (TPSA) is 83.8 Å². The van der Waals surface area contributed by atoms with E-state index in [1.165, 1.54) is 88.8 Å². The zero-order chi connectivity index (χ0) is 46.8. The highest BCUT2D eigenvalue weighted by Crippen LogP contribution is 2.80. The molecule has 0 spiro atoms. The van der Waals surface area contributed by atoms with Crippen LogP contribution in [0.15, 0.2) is 12.2 Å². The predicted molar refractivity (Wildman–Crippen MR) is 262 cm³/mol. The van der Waals surface area contributed by atoms with E-state index >= 15 is 0 Å². The molecule has 0 aromatic rings. The summed E-state index contributed by atoms with van der Waals surface area (Å²) in [6, 6.07) is 0. The summed E-state index contributed by atoms with van der Waals surface area (Å²) in [7, 11) is 0.